The van der Waals surface area contributed by atoms with Crippen LogP contribution in [0.4, 0.5) is 5.69 Å². The van der Waals surface area contributed by atoms with Gasteiger partial charge in [-0.3, -0.25) is 4.79 Å². The van der Waals surface area contributed by atoms with E-state index < -0.39 is 0 Å². The molecular weight excluding hydrogens is 306 g/mol. The highest BCUT2D eigenvalue weighted by molar-refractivity contribution is 5.94. The molecule has 1 amide bonds. The largest absolute Gasteiger partial charge is 0.497 e. The fraction of sp³-hybridized carbons (Fsp3) is 0.263. The Labute approximate surface area is 141 Å². The van der Waals surface area contributed by atoms with Crippen LogP contribution < -0.4 is 10.1 Å². The van der Waals surface area contributed by atoms with E-state index in [1.165, 1.54) is 0 Å². The number of ether oxygens (including phenoxy) is 2. The van der Waals surface area contributed by atoms with Crippen molar-refractivity contribution in [1.29, 1.82) is 0 Å². The van der Waals surface area contributed by atoms with Crippen LogP contribution in [0.2, 0.25) is 0 Å². The van der Waals surface area contributed by atoms with Crippen LogP contribution in [0.25, 0.3) is 0 Å². The number of rotatable bonds is 6. The van der Waals surface area contributed by atoms with E-state index in [1.54, 1.807) is 45.2 Å². The molecule has 0 aromatic heterocycles. The minimum atomic E-state index is -0.374. The number of esters is 1. The molecule has 0 unspecified atom stereocenters. The molecule has 0 spiro atoms. The van der Waals surface area contributed by atoms with Crippen LogP contribution in [-0.4, -0.2) is 25.1 Å². The van der Waals surface area contributed by atoms with Gasteiger partial charge < -0.3 is 14.8 Å². The highest BCUT2D eigenvalue weighted by Gasteiger charge is 2.10. The Kier molecular flexibility index (Phi) is 5.95. The number of carbonyl (C=O) groups is 2. The van der Waals surface area contributed by atoms with E-state index in [4.69, 9.17) is 9.47 Å². The lowest BCUT2D eigenvalue weighted by atomic mass is 10.1. The molecule has 2 aromatic carbocycles. The lowest BCUT2D eigenvalue weighted by Gasteiger charge is -2.09. The smallest absolute Gasteiger partial charge is 0.338 e. The van der Waals surface area contributed by atoms with Gasteiger partial charge in [-0.15, -0.1) is 0 Å². The molecule has 0 heterocycles. The molecule has 0 saturated heterocycles. The monoisotopic (exact) mass is 327 g/mol. The normalized spacial score (nSPS) is 10.3. The zero-order chi connectivity index (χ0) is 17.5. The highest BCUT2D eigenvalue weighted by atomic mass is 16.5. The molecule has 0 bridgehead atoms. The summed E-state index contributed by atoms with van der Waals surface area (Å²) in [4.78, 5) is 23.8. The molecule has 0 aliphatic carbocycles. The van der Waals surface area contributed by atoms with E-state index in [0.717, 1.165) is 11.3 Å². The van der Waals surface area contributed by atoms with E-state index >= 15 is 0 Å². The van der Waals surface area contributed by atoms with Gasteiger partial charge in [0.1, 0.15) is 5.75 Å². The fourth-order valence-electron chi connectivity index (χ4n) is 2.11. The maximum absolute atomic E-state index is 12.1. The molecule has 24 heavy (non-hydrogen) atoms. The van der Waals surface area contributed by atoms with Crippen molar-refractivity contribution in [3.63, 3.8) is 0 Å². The summed E-state index contributed by atoms with van der Waals surface area (Å²) < 4.78 is 10.2. The molecule has 5 nitrogen and oxygen atoms in total. The van der Waals surface area contributed by atoms with Crippen LogP contribution in [0, 0.1) is 0 Å². The topological polar surface area (TPSA) is 64.6 Å². The molecule has 0 aliphatic heterocycles. The third-order valence-electron chi connectivity index (χ3n) is 3.27. The van der Waals surface area contributed by atoms with Crippen molar-refractivity contribution in [3.05, 3.63) is 59.7 Å². The van der Waals surface area contributed by atoms with Crippen LogP contribution in [-0.2, 0) is 16.0 Å². The molecular formula is C19H21NO4. The zero-order valence-corrected chi connectivity index (χ0v) is 14.0. The van der Waals surface area contributed by atoms with Crippen LogP contribution >= 0.6 is 0 Å². The summed E-state index contributed by atoms with van der Waals surface area (Å²) in [6.07, 6.45) is 0.0996. The number of hydrogen-bond donors (Lipinski definition) is 1. The first-order valence-electron chi connectivity index (χ1n) is 7.71. The molecule has 0 saturated carbocycles. The van der Waals surface area contributed by atoms with Gasteiger partial charge in [-0.05, 0) is 55.8 Å². The minimum absolute atomic E-state index is 0.127. The molecule has 2 aromatic rings. The SMILES string of the molecule is COc1ccc(CC(=O)Nc2ccc(C(=O)OC(C)C)cc2)cc1. The highest BCUT2D eigenvalue weighted by Crippen LogP contribution is 2.14. The third kappa shape index (κ3) is 5.12. The van der Waals surface area contributed by atoms with E-state index in [2.05, 4.69) is 5.32 Å². The van der Waals surface area contributed by atoms with Crippen molar-refractivity contribution in [2.75, 3.05) is 12.4 Å². The van der Waals surface area contributed by atoms with Gasteiger partial charge in [0, 0.05) is 5.69 Å². The minimum Gasteiger partial charge on any atom is -0.497 e. The molecule has 0 fully saturated rings. The van der Waals surface area contributed by atoms with E-state index in [0.29, 0.717) is 11.3 Å². The van der Waals surface area contributed by atoms with E-state index in [-0.39, 0.29) is 24.4 Å². The van der Waals surface area contributed by atoms with E-state index in [9.17, 15) is 9.59 Å². The summed E-state index contributed by atoms with van der Waals surface area (Å²) in [6.45, 7) is 3.59. The summed E-state index contributed by atoms with van der Waals surface area (Å²) in [5.41, 5.74) is 1.98. The maximum Gasteiger partial charge on any atom is 0.338 e. The predicted molar refractivity (Wildman–Crippen MR) is 92.3 cm³/mol. The van der Waals surface area contributed by atoms with Gasteiger partial charge in [-0.2, -0.15) is 0 Å². The number of carbonyl (C=O) groups excluding carboxylic acids is 2. The lowest BCUT2D eigenvalue weighted by Crippen LogP contribution is -2.15. The van der Waals surface area contributed by atoms with Crippen molar-refractivity contribution in [2.45, 2.75) is 26.4 Å². The molecule has 1 N–H and O–H groups in total. The summed E-state index contributed by atoms with van der Waals surface area (Å²) in [5, 5.41) is 2.80. The number of amides is 1. The van der Waals surface area contributed by atoms with Crippen molar-refractivity contribution in [2.24, 2.45) is 0 Å². The van der Waals surface area contributed by atoms with Crippen LogP contribution in [0.5, 0.6) is 5.75 Å². The van der Waals surface area contributed by atoms with Crippen LogP contribution in [0.15, 0.2) is 48.5 Å². The first kappa shape index (κ1) is 17.5. The first-order valence-corrected chi connectivity index (χ1v) is 7.71. The number of anilines is 1. The van der Waals surface area contributed by atoms with Gasteiger partial charge in [0.2, 0.25) is 5.91 Å². The molecule has 126 valence electrons. The van der Waals surface area contributed by atoms with Crippen LogP contribution in [0.1, 0.15) is 29.8 Å². The standard InChI is InChI=1S/C19H21NO4/c1-13(2)24-19(22)15-6-8-16(9-7-15)20-18(21)12-14-4-10-17(23-3)11-5-14/h4-11,13H,12H2,1-3H3,(H,20,21). The maximum atomic E-state index is 12.1. The van der Waals surface area contributed by atoms with Gasteiger partial charge in [0.05, 0.1) is 25.2 Å². The average Bonchev–Trinajstić information content (AvgIpc) is 2.55. The Morgan fingerprint density at radius 1 is 1.00 bits per heavy atom. The Bertz CT molecular complexity index is 690. The second-order valence-electron chi connectivity index (χ2n) is 5.60. The van der Waals surface area contributed by atoms with Crippen molar-refractivity contribution >= 4 is 17.6 Å². The van der Waals surface area contributed by atoms with E-state index in [1.807, 2.05) is 24.3 Å². The Morgan fingerprint density at radius 3 is 2.17 bits per heavy atom. The Hall–Kier alpha value is -2.82. The third-order valence-corrected chi connectivity index (χ3v) is 3.27. The molecule has 0 atom stereocenters. The van der Waals surface area contributed by atoms with Crippen molar-refractivity contribution in [3.8, 4) is 5.75 Å². The molecule has 5 heteroatoms. The van der Waals surface area contributed by atoms with Crippen LogP contribution in [0.3, 0.4) is 0 Å². The average molecular weight is 327 g/mol. The summed E-state index contributed by atoms with van der Waals surface area (Å²) in [6, 6.07) is 14.0. The summed E-state index contributed by atoms with van der Waals surface area (Å²) in [5.74, 6) is 0.252. The zero-order valence-electron chi connectivity index (χ0n) is 14.0. The second kappa shape index (κ2) is 8.15. The fourth-order valence-corrected chi connectivity index (χ4v) is 2.11. The molecule has 0 radical (unpaired) electrons. The first-order chi connectivity index (χ1) is 11.5. The Balaban J connectivity index is 1.92. The van der Waals surface area contributed by atoms with Gasteiger partial charge in [0.25, 0.3) is 0 Å². The summed E-state index contributed by atoms with van der Waals surface area (Å²) in [7, 11) is 1.60. The van der Waals surface area contributed by atoms with Gasteiger partial charge in [-0.25, -0.2) is 4.79 Å². The molecule has 0 aliphatic rings. The quantitative estimate of drug-likeness (QED) is 0.826. The molecule has 2 rings (SSSR count). The number of nitrogens with one attached hydrogen (secondary N) is 1. The Morgan fingerprint density at radius 2 is 1.62 bits per heavy atom. The van der Waals surface area contributed by atoms with Gasteiger partial charge >= 0.3 is 5.97 Å². The van der Waals surface area contributed by atoms with Gasteiger partial charge in [-0.1, -0.05) is 12.1 Å². The summed E-state index contributed by atoms with van der Waals surface area (Å²) >= 11 is 0. The predicted octanol–water partition coefficient (Wildman–Crippen LogP) is 3.44. The number of benzene rings is 2. The second-order valence-corrected chi connectivity index (χ2v) is 5.60. The van der Waals surface area contributed by atoms with Crippen molar-refractivity contribution in [1.82, 2.24) is 0 Å². The van der Waals surface area contributed by atoms with Gasteiger partial charge in [0.15, 0.2) is 0 Å². The number of hydrogen-bond acceptors (Lipinski definition) is 4. The number of methoxy groups -OCH3 is 1. The lowest BCUT2D eigenvalue weighted by molar-refractivity contribution is -0.115. The van der Waals surface area contributed by atoms with Crippen molar-refractivity contribution < 1.29 is 19.1 Å².